The molecule has 0 N–H and O–H groups in total. The molecule has 2 fully saturated rings. The molecule has 2 unspecified atom stereocenters. The summed E-state index contributed by atoms with van der Waals surface area (Å²) in [7, 11) is 0. The third-order valence-electron chi connectivity index (χ3n) is 5.35. The zero-order valence-electron chi connectivity index (χ0n) is 13.6. The number of piperidine rings is 1. The Labute approximate surface area is 129 Å². The fourth-order valence-corrected chi connectivity index (χ4v) is 4.11. The minimum absolute atomic E-state index is 0.141. The summed E-state index contributed by atoms with van der Waals surface area (Å²) in [5.41, 5.74) is 0. The van der Waals surface area contributed by atoms with Gasteiger partial charge in [0.25, 0.3) is 5.91 Å². The monoisotopic (exact) mass is 293 g/mol. The average Bonchev–Trinajstić information content (AvgIpc) is 2.54. The molecule has 1 aliphatic carbocycles. The van der Waals surface area contributed by atoms with E-state index in [1.54, 1.807) is 4.90 Å². The third kappa shape index (κ3) is 4.82. The van der Waals surface area contributed by atoms with Crippen LogP contribution >= 0.6 is 0 Å². The maximum atomic E-state index is 12.2. The van der Waals surface area contributed by atoms with Crippen LogP contribution in [0.4, 0.5) is 0 Å². The van der Waals surface area contributed by atoms with Crippen molar-refractivity contribution in [2.75, 3.05) is 13.1 Å². The number of ketones is 1. The SMILES string of the molecule is CCCC1CCCCC1CCC(=O)C(=O)N1CCCCC1. The van der Waals surface area contributed by atoms with Crippen molar-refractivity contribution < 1.29 is 9.59 Å². The Kier molecular flexibility index (Phi) is 6.72. The molecule has 1 heterocycles. The number of likely N-dealkylation sites (tertiary alicyclic amines) is 1. The van der Waals surface area contributed by atoms with E-state index in [2.05, 4.69) is 6.92 Å². The molecule has 0 spiro atoms. The van der Waals surface area contributed by atoms with Crippen LogP contribution in [0, 0.1) is 11.8 Å². The Morgan fingerprint density at radius 2 is 1.52 bits per heavy atom. The Morgan fingerprint density at radius 1 is 0.905 bits per heavy atom. The second kappa shape index (κ2) is 8.55. The van der Waals surface area contributed by atoms with E-state index < -0.39 is 0 Å². The van der Waals surface area contributed by atoms with E-state index in [9.17, 15) is 9.59 Å². The lowest BCUT2D eigenvalue weighted by Gasteiger charge is -2.31. The van der Waals surface area contributed by atoms with Gasteiger partial charge in [0.05, 0.1) is 0 Å². The summed E-state index contributed by atoms with van der Waals surface area (Å²) in [5.74, 6) is 1.12. The predicted octanol–water partition coefficient (Wildman–Crippen LogP) is 3.95. The molecule has 1 saturated carbocycles. The van der Waals surface area contributed by atoms with Gasteiger partial charge in [-0.2, -0.15) is 0 Å². The quantitative estimate of drug-likeness (QED) is 0.695. The number of hydrogen-bond donors (Lipinski definition) is 0. The fourth-order valence-electron chi connectivity index (χ4n) is 4.11. The summed E-state index contributed by atoms with van der Waals surface area (Å²) in [6, 6.07) is 0. The topological polar surface area (TPSA) is 37.4 Å². The van der Waals surface area contributed by atoms with Crippen molar-refractivity contribution in [2.24, 2.45) is 11.8 Å². The second-order valence-corrected chi connectivity index (χ2v) is 6.91. The Morgan fingerprint density at radius 3 is 2.14 bits per heavy atom. The lowest BCUT2D eigenvalue weighted by Crippen LogP contribution is -2.40. The van der Waals surface area contributed by atoms with Gasteiger partial charge in [-0.15, -0.1) is 0 Å². The van der Waals surface area contributed by atoms with Crippen LogP contribution in [-0.2, 0) is 9.59 Å². The highest BCUT2D eigenvalue weighted by Gasteiger charge is 2.27. The molecular formula is C18H31NO2. The summed E-state index contributed by atoms with van der Waals surface area (Å²) in [6.07, 6.45) is 12.5. The molecule has 3 heteroatoms. The van der Waals surface area contributed by atoms with Crippen LogP contribution in [0.25, 0.3) is 0 Å². The molecule has 1 amide bonds. The molecule has 2 aliphatic rings. The zero-order valence-corrected chi connectivity index (χ0v) is 13.6. The summed E-state index contributed by atoms with van der Waals surface area (Å²) >= 11 is 0. The molecule has 3 nitrogen and oxygen atoms in total. The molecule has 1 aliphatic heterocycles. The number of rotatable bonds is 6. The number of nitrogens with zero attached hydrogens (tertiary/aromatic N) is 1. The van der Waals surface area contributed by atoms with Crippen molar-refractivity contribution in [1.29, 1.82) is 0 Å². The van der Waals surface area contributed by atoms with Crippen LogP contribution in [0.5, 0.6) is 0 Å². The first kappa shape index (κ1) is 16.5. The smallest absolute Gasteiger partial charge is 0.289 e. The standard InChI is InChI=1S/C18H31NO2/c1-2-8-15-9-4-5-10-16(15)11-12-17(20)18(21)19-13-6-3-7-14-19/h15-16H,2-14H2,1H3. The summed E-state index contributed by atoms with van der Waals surface area (Å²) in [4.78, 5) is 26.1. The lowest BCUT2D eigenvalue weighted by atomic mass is 9.74. The van der Waals surface area contributed by atoms with Crippen LogP contribution in [0.3, 0.4) is 0 Å². The summed E-state index contributed by atoms with van der Waals surface area (Å²) in [6.45, 7) is 3.82. The van der Waals surface area contributed by atoms with E-state index in [0.717, 1.165) is 38.3 Å². The van der Waals surface area contributed by atoms with Gasteiger partial charge in [-0.3, -0.25) is 9.59 Å². The molecule has 2 atom stereocenters. The molecule has 21 heavy (non-hydrogen) atoms. The van der Waals surface area contributed by atoms with Crippen molar-refractivity contribution in [2.45, 2.75) is 77.6 Å². The van der Waals surface area contributed by atoms with Crippen LogP contribution in [-0.4, -0.2) is 29.7 Å². The first-order valence-corrected chi connectivity index (χ1v) is 9.04. The predicted molar refractivity (Wildman–Crippen MR) is 85.0 cm³/mol. The number of carbonyl (C=O) groups excluding carboxylic acids is 2. The normalized spacial score (nSPS) is 26.6. The summed E-state index contributed by atoms with van der Waals surface area (Å²) in [5, 5.41) is 0. The largest absolute Gasteiger partial charge is 0.336 e. The van der Waals surface area contributed by atoms with Crippen LogP contribution < -0.4 is 0 Å². The van der Waals surface area contributed by atoms with Gasteiger partial charge in [-0.1, -0.05) is 45.4 Å². The van der Waals surface area contributed by atoms with Crippen molar-refractivity contribution in [3.63, 3.8) is 0 Å². The second-order valence-electron chi connectivity index (χ2n) is 6.91. The van der Waals surface area contributed by atoms with Gasteiger partial charge in [-0.25, -0.2) is 0 Å². The van der Waals surface area contributed by atoms with Crippen LogP contribution in [0.1, 0.15) is 77.6 Å². The first-order valence-electron chi connectivity index (χ1n) is 9.04. The number of amides is 1. The number of Topliss-reactive ketones (excluding diaryl/α,β-unsaturated/α-hetero) is 1. The fraction of sp³-hybridized carbons (Fsp3) is 0.889. The van der Waals surface area contributed by atoms with Gasteiger partial charge in [0.1, 0.15) is 0 Å². The zero-order chi connectivity index (χ0) is 15.1. The Bertz CT molecular complexity index is 345. The van der Waals surface area contributed by atoms with Gasteiger partial charge in [-0.05, 0) is 37.5 Å². The highest BCUT2D eigenvalue weighted by Crippen LogP contribution is 2.36. The molecule has 0 aromatic carbocycles. The van der Waals surface area contributed by atoms with Crippen molar-refractivity contribution >= 4 is 11.7 Å². The Balaban J connectivity index is 1.77. The van der Waals surface area contributed by atoms with Crippen LogP contribution in [0.15, 0.2) is 0 Å². The molecular weight excluding hydrogens is 262 g/mol. The molecule has 0 aromatic heterocycles. The van der Waals surface area contributed by atoms with Gasteiger partial charge < -0.3 is 4.90 Å². The molecule has 1 saturated heterocycles. The summed E-state index contributed by atoms with van der Waals surface area (Å²) < 4.78 is 0. The first-order chi connectivity index (χ1) is 10.2. The van der Waals surface area contributed by atoms with Crippen molar-refractivity contribution in [3.05, 3.63) is 0 Å². The van der Waals surface area contributed by atoms with E-state index in [0.29, 0.717) is 12.3 Å². The van der Waals surface area contributed by atoms with Crippen molar-refractivity contribution in [1.82, 2.24) is 4.90 Å². The third-order valence-corrected chi connectivity index (χ3v) is 5.35. The molecule has 0 radical (unpaired) electrons. The number of carbonyl (C=O) groups is 2. The number of hydrogen-bond acceptors (Lipinski definition) is 2. The lowest BCUT2D eigenvalue weighted by molar-refractivity contribution is -0.145. The maximum absolute atomic E-state index is 12.2. The van der Waals surface area contributed by atoms with Gasteiger partial charge in [0, 0.05) is 19.5 Å². The van der Waals surface area contributed by atoms with Gasteiger partial charge in [0.15, 0.2) is 0 Å². The van der Waals surface area contributed by atoms with E-state index in [1.807, 2.05) is 0 Å². The maximum Gasteiger partial charge on any atom is 0.289 e. The minimum atomic E-state index is -0.211. The molecule has 0 bridgehead atoms. The highest BCUT2D eigenvalue weighted by atomic mass is 16.2. The van der Waals surface area contributed by atoms with Crippen LogP contribution in [0.2, 0.25) is 0 Å². The van der Waals surface area contributed by atoms with E-state index in [4.69, 9.17) is 0 Å². The highest BCUT2D eigenvalue weighted by molar-refractivity contribution is 6.36. The molecule has 2 rings (SSSR count). The van der Waals surface area contributed by atoms with E-state index in [-0.39, 0.29) is 11.7 Å². The van der Waals surface area contributed by atoms with Gasteiger partial charge in [0.2, 0.25) is 5.78 Å². The minimum Gasteiger partial charge on any atom is -0.336 e. The average molecular weight is 293 g/mol. The van der Waals surface area contributed by atoms with Gasteiger partial charge >= 0.3 is 0 Å². The Hall–Kier alpha value is -0.860. The molecule has 0 aromatic rings. The van der Waals surface area contributed by atoms with E-state index >= 15 is 0 Å². The van der Waals surface area contributed by atoms with Crippen molar-refractivity contribution in [3.8, 4) is 0 Å². The van der Waals surface area contributed by atoms with E-state index in [1.165, 1.54) is 44.9 Å². The molecule has 120 valence electrons.